The minimum absolute atomic E-state index is 0.0637. The van der Waals surface area contributed by atoms with E-state index >= 15 is 0 Å². The predicted octanol–water partition coefficient (Wildman–Crippen LogP) is 1.95. The van der Waals surface area contributed by atoms with Crippen LogP contribution in [0, 0.1) is 0 Å². The number of nitrogens with zero attached hydrogens (tertiary/aromatic N) is 6. The highest BCUT2D eigenvalue weighted by Gasteiger charge is 2.27. The predicted molar refractivity (Wildman–Crippen MR) is 106 cm³/mol. The molecule has 0 radical (unpaired) electrons. The zero-order valence-electron chi connectivity index (χ0n) is 15.5. The Morgan fingerprint density at radius 1 is 1.07 bits per heavy atom. The summed E-state index contributed by atoms with van der Waals surface area (Å²) in [5.41, 5.74) is 1.50. The summed E-state index contributed by atoms with van der Waals surface area (Å²) in [5.74, 6) is 1.68. The Balaban J connectivity index is 1.64. The van der Waals surface area contributed by atoms with E-state index in [0.717, 1.165) is 31.0 Å². The molecule has 1 unspecified atom stereocenters. The summed E-state index contributed by atoms with van der Waals surface area (Å²) in [6.07, 6.45) is 5.24. The molecule has 0 amide bonds. The standard InChI is InChI=1S/C20H22N6O/c1-15-14-25(18-5-3-4-8-22-18)11-12-26(15)20-23-17(13-19(27)24(20)2)16-6-9-21-10-7-16/h3-10,13,15H,11-12,14H2,1-2H3. The van der Waals surface area contributed by atoms with Gasteiger partial charge in [-0.15, -0.1) is 0 Å². The molecule has 7 heteroatoms. The topological polar surface area (TPSA) is 67.2 Å². The van der Waals surface area contributed by atoms with Gasteiger partial charge in [-0.05, 0) is 31.2 Å². The van der Waals surface area contributed by atoms with Crippen molar-refractivity contribution in [1.82, 2.24) is 19.5 Å². The zero-order valence-corrected chi connectivity index (χ0v) is 15.5. The first-order valence-electron chi connectivity index (χ1n) is 9.04. The van der Waals surface area contributed by atoms with Gasteiger partial charge in [0.2, 0.25) is 5.95 Å². The monoisotopic (exact) mass is 362 g/mol. The molecule has 0 bridgehead atoms. The zero-order chi connectivity index (χ0) is 18.8. The molecule has 0 spiro atoms. The van der Waals surface area contributed by atoms with Crippen LogP contribution in [0.25, 0.3) is 11.3 Å². The molecule has 4 rings (SSSR count). The third-order valence-corrected chi connectivity index (χ3v) is 4.94. The van der Waals surface area contributed by atoms with Crippen LogP contribution in [0.1, 0.15) is 6.92 Å². The van der Waals surface area contributed by atoms with Crippen LogP contribution in [-0.2, 0) is 7.05 Å². The highest BCUT2D eigenvalue weighted by molar-refractivity contribution is 5.59. The van der Waals surface area contributed by atoms with Gasteiger partial charge in [0, 0.05) is 62.9 Å². The Labute approximate surface area is 157 Å². The van der Waals surface area contributed by atoms with Gasteiger partial charge in [-0.25, -0.2) is 9.97 Å². The van der Waals surface area contributed by atoms with E-state index in [2.05, 4.69) is 26.7 Å². The van der Waals surface area contributed by atoms with Crippen molar-refractivity contribution in [3.8, 4) is 11.3 Å². The molecule has 0 saturated carbocycles. The Morgan fingerprint density at radius 3 is 2.59 bits per heavy atom. The molecule has 0 aromatic carbocycles. The maximum absolute atomic E-state index is 12.5. The van der Waals surface area contributed by atoms with Gasteiger partial charge in [-0.2, -0.15) is 0 Å². The minimum atomic E-state index is -0.0637. The molecule has 27 heavy (non-hydrogen) atoms. The van der Waals surface area contributed by atoms with Crippen molar-refractivity contribution in [3.63, 3.8) is 0 Å². The Hall–Kier alpha value is -3.22. The molecule has 0 aliphatic carbocycles. The molecular formula is C20H22N6O. The smallest absolute Gasteiger partial charge is 0.255 e. The van der Waals surface area contributed by atoms with Gasteiger partial charge in [-0.3, -0.25) is 14.3 Å². The third-order valence-electron chi connectivity index (χ3n) is 4.94. The van der Waals surface area contributed by atoms with Crippen LogP contribution in [0.4, 0.5) is 11.8 Å². The Kier molecular flexibility index (Phi) is 4.58. The number of hydrogen-bond acceptors (Lipinski definition) is 6. The SMILES string of the molecule is CC1CN(c2ccccn2)CCN1c1nc(-c2ccncc2)cc(=O)n1C. The van der Waals surface area contributed by atoms with Gasteiger partial charge in [0.15, 0.2) is 0 Å². The van der Waals surface area contributed by atoms with Crippen LogP contribution in [0.2, 0.25) is 0 Å². The molecular weight excluding hydrogens is 340 g/mol. The van der Waals surface area contributed by atoms with Crippen molar-refractivity contribution in [2.45, 2.75) is 13.0 Å². The van der Waals surface area contributed by atoms with Crippen molar-refractivity contribution >= 4 is 11.8 Å². The fourth-order valence-electron chi connectivity index (χ4n) is 3.46. The molecule has 1 aliphatic rings. The minimum Gasteiger partial charge on any atom is -0.353 e. The normalized spacial score (nSPS) is 17.2. The molecule has 1 atom stereocenters. The summed E-state index contributed by atoms with van der Waals surface area (Å²) in [6.45, 7) is 4.58. The van der Waals surface area contributed by atoms with E-state index in [0.29, 0.717) is 11.6 Å². The summed E-state index contributed by atoms with van der Waals surface area (Å²) in [4.78, 5) is 30.3. The average Bonchev–Trinajstić information content (AvgIpc) is 2.71. The number of pyridine rings is 2. The van der Waals surface area contributed by atoms with Crippen LogP contribution < -0.4 is 15.4 Å². The fourth-order valence-corrected chi connectivity index (χ4v) is 3.46. The van der Waals surface area contributed by atoms with E-state index in [1.807, 2.05) is 36.5 Å². The number of piperazine rings is 1. The molecule has 138 valence electrons. The second-order valence-electron chi connectivity index (χ2n) is 6.75. The van der Waals surface area contributed by atoms with E-state index < -0.39 is 0 Å². The van der Waals surface area contributed by atoms with Crippen molar-refractivity contribution in [2.75, 3.05) is 29.4 Å². The van der Waals surface area contributed by atoms with Gasteiger partial charge in [0.1, 0.15) is 5.82 Å². The second-order valence-corrected chi connectivity index (χ2v) is 6.75. The summed E-state index contributed by atoms with van der Waals surface area (Å²) >= 11 is 0. The molecule has 1 aliphatic heterocycles. The summed E-state index contributed by atoms with van der Waals surface area (Å²) in [7, 11) is 1.78. The third kappa shape index (κ3) is 3.40. The first kappa shape index (κ1) is 17.2. The molecule has 3 aromatic rings. The van der Waals surface area contributed by atoms with Gasteiger partial charge < -0.3 is 9.80 Å². The molecule has 4 heterocycles. The molecule has 1 fully saturated rings. The van der Waals surface area contributed by atoms with Crippen LogP contribution in [0.3, 0.4) is 0 Å². The highest BCUT2D eigenvalue weighted by Crippen LogP contribution is 2.23. The van der Waals surface area contributed by atoms with Gasteiger partial charge in [0.05, 0.1) is 5.69 Å². The Morgan fingerprint density at radius 2 is 1.89 bits per heavy atom. The first-order chi connectivity index (χ1) is 13.1. The molecule has 1 saturated heterocycles. The number of hydrogen-bond donors (Lipinski definition) is 0. The largest absolute Gasteiger partial charge is 0.353 e. The fraction of sp³-hybridized carbons (Fsp3) is 0.300. The van der Waals surface area contributed by atoms with Gasteiger partial charge in [0.25, 0.3) is 5.56 Å². The quantitative estimate of drug-likeness (QED) is 0.709. The van der Waals surface area contributed by atoms with E-state index in [4.69, 9.17) is 4.98 Å². The van der Waals surface area contributed by atoms with Crippen molar-refractivity contribution < 1.29 is 0 Å². The summed E-state index contributed by atoms with van der Waals surface area (Å²) < 4.78 is 1.62. The average molecular weight is 362 g/mol. The van der Waals surface area contributed by atoms with E-state index in [1.165, 1.54) is 0 Å². The van der Waals surface area contributed by atoms with Gasteiger partial charge in [-0.1, -0.05) is 6.07 Å². The lowest BCUT2D eigenvalue weighted by molar-refractivity contribution is 0.527. The van der Waals surface area contributed by atoms with E-state index in [-0.39, 0.29) is 11.6 Å². The second kappa shape index (κ2) is 7.19. The molecule has 7 nitrogen and oxygen atoms in total. The number of rotatable bonds is 3. The van der Waals surface area contributed by atoms with E-state index in [9.17, 15) is 4.79 Å². The van der Waals surface area contributed by atoms with Crippen molar-refractivity contribution in [3.05, 3.63) is 65.3 Å². The van der Waals surface area contributed by atoms with Crippen LogP contribution >= 0.6 is 0 Å². The maximum atomic E-state index is 12.5. The summed E-state index contributed by atoms with van der Waals surface area (Å²) in [5, 5.41) is 0. The first-order valence-corrected chi connectivity index (χ1v) is 9.04. The molecule has 0 N–H and O–H groups in total. The Bertz CT molecular complexity index is 973. The van der Waals surface area contributed by atoms with Gasteiger partial charge >= 0.3 is 0 Å². The lowest BCUT2D eigenvalue weighted by Crippen LogP contribution is -2.53. The molecule has 3 aromatic heterocycles. The van der Waals surface area contributed by atoms with E-state index in [1.54, 1.807) is 30.1 Å². The van der Waals surface area contributed by atoms with Crippen molar-refractivity contribution in [1.29, 1.82) is 0 Å². The van der Waals surface area contributed by atoms with Crippen LogP contribution in [0.15, 0.2) is 59.8 Å². The number of aromatic nitrogens is 4. The lowest BCUT2D eigenvalue weighted by atomic mass is 10.2. The lowest BCUT2D eigenvalue weighted by Gasteiger charge is -2.41. The number of anilines is 2. The van der Waals surface area contributed by atoms with Crippen LogP contribution in [-0.4, -0.2) is 45.2 Å². The van der Waals surface area contributed by atoms with Crippen molar-refractivity contribution in [2.24, 2.45) is 7.05 Å². The summed E-state index contributed by atoms with van der Waals surface area (Å²) in [6, 6.07) is 11.5. The highest BCUT2D eigenvalue weighted by atomic mass is 16.1. The maximum Gasteiger partial charge on any atom is 0.255 e. The van der Waals surface area contributed by atoms with Crippen LogP contribution in [0.5, 0.6) is 0 Å².